The summed E-state index contributed by atoms with van der Waals surface area (Å²) in [6, 6.07) is 13.6. The molecule has 4 nitrogen and oxygen atoms in total. The van der Waals surface area contributed by atoms with E-state index in [1.807, 2.05) is 30.3 Å². The summed E-state index contributed by atoms with van der Waals surface area (Å²) in [5.74, 6) is 1.36. The molecule has 0 radical (unpaired) electrons. The van der Waals surface area contributed by atoms with Gasteiger partial charge in [-0.15, -0.1) is 0 Å². The molecule has 0 amide bonds. The van der Waals surface area contributed by atoms with Gasteiger partial charge in [-0.2, -0.15) is 0 Å². The van der Waals surface area contributed by atoms with Crippen molar-refractivity contribution >= 4 is 5.69 Å². The number of aliphatic hydroxyl groups excluding tert-OH is 1. The Kier molecular flexibility index (Phi) is 3.71. The van der Waals surface area contributed by atoms with Crippen molar-refractivity contribution in [2.24, 2.45) is 0 Å². The van der Waals surface area contributed by atoms with E-state index in [-0.39, 0.29) is 6.04 Å². The molecule has 0 bridgehead atoms. The first kappa shape index (κ1) is 13.8. The van der Waals surface area contributed by atoms with E-state index in [4.69, 9.17) is 9.47 Å². The second-order valence-corrected chi connectivity index (χ2v) is 5.20. The van der Waals surface area contributed by atoms with E-state index >= 15 is 0 Å². The summed E-state index contributed by atoms with van der Waals surface area (Å²) < 4.78 is 10.5. The SMILES string of the molecule is COc1cc(OC)cc(C(O)C2Cc3ccccc3N2)c1. The molecule has 110 valence electrons. The molecule has 1 aliphatic heterocycles. The maximum atomic E-state index is 10.7. The number of methoxy groups -OCH3 is 2. The van der Waals surface area contributed by atoms with Crippen LogP contribution >= 0.6 is 0 Å². The van der Waals surface area contributed by atoms with Crippen LogP contribution in [0.4, 0.5) is 5.69 Å². The average Bonchev–Trinajstić information content (AvgIpc) is 2.97. The van der Waals surface area contributed by atoms with Gasteiger partial charge in [0.1, 0.15) is 11.5 Å². The number of fused-ring (bicyclic) bond motifs is 1. The first-order chi connectivity index (χ1) is 10.2. The molecule has 21 heavy (non-hydrogen) atoms. The lowest BCUT2D eigenvalue weighted by atomic mass is 9.99. The van der Waals surface area contributed by atoms with Crippen molar-refractivity contribution in [3.8, 4) is 11.5 Å². The standard InChI is InChI=1S/C17H19NO3/c1-20-13-7-12(8-14(10-13)21-2)17(19)16-9-11-5-3-4-6-15(11)18-16/h3-8,10,16-19H,9H2,1-2H3. The van der Waals surface area contributed by atoms with Gasteiger partial charge in [0.15, 0.2) is 0 Å². The number of hydrogen-bond donors (Lipinski definition) is 2. The van der Waals surface area contributed by atoms with Gasteiger partial charge in [0.25, 0.3) is 0 Å². The number of hydrogen-bond acceptors (Lipinski definition) is 4. The quantitative estimate of drug-likeness (QED) is 0.907. The first-order valence-corrected chi connectivity index (χ1v) is 6.96. The highest BCUT2D eigenvalue weighted by molar-refractivity contribution is 5.57. The Morgan fingerprint density at radius 2 is 1.76 bits per heavy atom. The molecule has 0 fully saturated rings. The molecule has 2 N–H and O–H groups in total. The highest BCUT2D eigenvalue weighted by Crippen LogP contribution is 2.34. The van der Waals surface area contributed by atoms with Gasteiger partial charge in [-0.25, -0.2) is 0 Å². The van der Waals surface area contributed by atoms with E-state index in [0.29, 0.717) is 11.5 Å². The fourth-order valence-electron chi connectivity index (χ4n) is 2.75. The fourth-order valence-corrected chi connectivity index (χ4v) is 2.75. The van der Waals surface area contributed by atoms with Crippen molar-refractivity contribution in [1.82, 2.24) is 0 Å². The second-order valence-electron chi connectivity index (χ2n) is 5.20. The normalized spacial score (nSPS) is 17.8. The van der Waals surface area contributed by atoms with Crippen LogP contribution in [-0.4, -0.2) is 25.4 Å². The van der Waals surface area contributed by atoms with Crippen molar-refractivity contribution in [2.75, 3.05) is 19.5 Å². The van der Waals surface area contributed by atoms with Gasteiger partial charge in [-0.05, 0) is 35.7 Å². The summed E-state index contributed by atoms with van der Waals surface area (Å²) in [7, 11) is 3.21. The molecule has 2 unspecified atom stereocenters. The van der Waals surface area contributed by atoms with Crippen LogP contribution in [0, 0.1) is 0 Å². The van der Waals surface area contributed by atoms with E-state index in [9.17, 15) is 5.11 Å². The van der Waals surface area contributed by atoms with Gasteiger partial charge in [-0.1, -0.05) is 18.2 Å². The zero-order chi connectivity index (χ0) is 14.8. The zero-order valence-corrected chi connectivity index (χ0v) is 12.2. The van der Waals surface area contributed by atoms with E-state index in [1.54, 1.807) is 20.3 Å². The fraction of sp³-hybridized carbons (Fsp3) is 0.294. The minimum absolute atomic E-state index is 0.0424. The monoisotopic (exact) mass is 285 g/mol. The third-order valence-electron chi connectivity index (χ3n) is 3.89. The minimum Gasteiger partial charge on any atom is -0.497 e. The van der Waals surface area contributed by atoms with Gasteiger partial charge in [0.2, 0.25) is 0 Å². The molecule has 0 spiro atoms. The topological polar surface area (TPSA) is 50.7 Å². The number of para-hydroxylation sites is 1. The van der Waals surface area contributed by atoms with E-state index in [2.05, 4.69) is 11.4 Å². The number of rotatable bonds is 4. The van der Waals surface area contributed by atoms with Crippen LogP contribution in [0.5, 0.6) is 11.5 Å². The molecule has 1 aliphatic rings. The largest absolute Gasteiger partial charge is 0.497 e. The Bertz CT molecular complexity index is 594. The first-order valence-electron chi connectivity index (χ1n) is 6.96. The summed E-state index contributed by atoms with van der Waals surface area (Å²) in [5.41, 5.74) is 3.12. The molecule has 3 rings (SSSR count). The van der Waals surface area contributed by atoms with Crippen LogP contribution in [0.15, 0.2) is 42.5 Å². The Morgan fingerprint density at radius 1 is 1.10 bits per heavy atom. The highest BCUT2D eigenvalue weighted by atomic mass is 16.5. The van der Waals surface area contributed by atoms with Gasteiger partial charge in [0, 0.05) is 11.8 Å². The van der Waals surface area contributed by atoms with Crippen molar-refractivity contribution in [1.29, 1.82) is 0 Å². The summed E-state index contributed by atoms with van der Waals surface area (Å²) in [6.45, 7) is 0. The van der Waals surface area contributed by atoms with Crippen LogP contribution in [-0.2, 0) is 6.42 Å². The summed E-state index contributed by atoms with van der Waals surface area (Å²) >= 11 is 0. The van der Waals surface area contributed by atoms with Crippen LogP contribution in [0.3, 0.4) is 0 Å². The van der Waals surface area contributed by atoms with Crippen LogP contribution in [0.1, 0.15) is 17.2 Å². The average molecular weight is 285 g/mol. The Balaban J connectivity index is 1.85. The Labute approximate surface area is 124 Å². The predicted molar refractivity (Wildman–Crippen MR) is 82.1 cm³/mol. The molecule has 0 aromatic heterocycles. The van der Waals surface area contributed by atoms with Gasteiger partial charge >= 0.3 is 0 Å². The third kappa shape index (κ3) is 2.67. The predicted octanol–water partition coefficient (Wildman–Crippen LogP) is 2.77. The smallest absolute Gasteiger partial charge is 0.122 e. The van der Waals surface area contributed by atoms with Crippen molar-refractivity contribution in [3.05, 3.63) is 53.6 Å². The lowest BCUT2D eigenvalue weighted by molar-refractivity contribution is 0.156. The lowest BCUT2D eigenvalue weighted by Crippen LogP contribution is -2.24. The molecule has 0 aliphatic carbocycles. The van der Waals surface area contributed by atoms with E-state index < -0.39 is 6.10 Å². The summed E-state index contributed by atoms with van der Waals surface area (Å²) in [5, 5.41) is 14.0. The minimum atomic E-state index is -0.624. The number of anilines is 1. The van der Waals surface area contributed by atoms with Crippen molar-refractivity contribution in [2.45, 2.75) is 18.6 Å². The maximum Gasteiger partial charge on any atom is 0.122 e. The molecular formula is C17H19NO3. The third-order valence-corrected chi connectivity index (χ3v) is 3.89. The van der Waals surface area contributed by atoms with Crippen molar-refractivity contribution in [3.63, 3.8) is 0 Å². The maximum absolute atomic E-state index is 10.7. The van der Waals surface area contributed by atoms with E-state index in [1.165, 1.54) is 5.56 Å². The van der Waals surface area contributed by atoms with Gasteiger partial charge in [0.05, 0.1) is 26.4 Å². The molecule has 1 heterocycles. The molecule has 2 aromatic rings. The molecule has 2 aromatic carbocycles. The lowest BCUT2D eigenvalue weighted by Gasteiger charge is -2.20. The summed E-state index contributed by atoms with van der Waals surface area (Å²) in [4.78, 5) is 0. The molecular weight excluding hydrogens is 266 g/mol. The van der Waals surface area contributed by atoms with Gasteiger partial charge in [-0.3, -0.25) is 0 Å². The van der Waals surface area contributed by atoms with Crippen LogP contribution < -0.4 is 14.8 Å². The number of ether oxygens (including phenoxy) is 2. The molecule has 2 atom stereocenters. The second kappa shape index (κ2) is 5.66. The number of benzene rings is 2. The van der Waals surface area contributed by atoms with Crippen LogP contribution in [0.25, 0.3) is 0 Å². The number of nitrogens with one attached hydrogen (secondary N) is 1. The molecule has 4 heteroatoms. The Morgan fingerprint density at radius 3 is 2.38 bits per heavy atom. The molecule has 0 saturated heterocycles. The highest BCUT2D eigenvalue weighted by Gasteiger charge is 2.28. The Hall–Kier alpha value is -2.20. The van der Waals surface area contributed by atoms with Gasteiger partial charge < -0.3 is 19.9 Å². The zero-order valence-electron chi connectivity index (χ0n) is 12.2. The van der Waals surface area contributed by atoms with Crippen LogP contribution in [0.2, 0.25) is 0 Å². The molecule has 0 saturated carbocycles. The van der Waals surface area contributed by atoms with E-state index in [0.717, 1.165) is 17.7 Å². The number of aliphatic hydroxyl groups is 1. The van der Waals surface area contributed by atoms with Crippen molar-refractivity contribution < 1.29 is 14.6 Å². The summed E-state index contributed by atoms with van der Waals surface area (Å²) in [6.07, 6.45) is 0.179.